The number of nitrogens with zero attached hydrogens (tertiary/aromatic N) is 1. The van der Waals surface area contributed by atoms with E-state index < -0.39 is 30.2 Å². The van der Waals surface area contributed by atoms with Gasteiger partial charge in [0, 0.05) is 16.7 Å². The van der Waals surface area contributed by atoms with Crippen molar-refractivity contribution in [1.82, 2.24) is 10.3 Å². The molecule has 1 amide bonds. The molecule has 2 aromatic carbocycles. The third kappa shape index (κ3) is 5.15. The fourth-order valence-electron chi connectivity index (χ4n) is 3.23. The van der Waals surface area contributed by atoms with Gasteiger partial charge in [0.05, 0.1) is 19.6 Å². The number of carboxylic acids is 1. The van der Waals surface area contributed by atoms with Crippen LogP contribution in [0.5, 0.6) is 5.75 Å². The number of carboxylic acid groups (broad SMARTS) is 1. The van der Waals surface area contributed by atoms with Crippen LogP contribution < -0.4 is 10.1 Å². The summed E-state index contributed by atoms with van der Waals surface area (Å²) in [7, 11) is 1.45. The van der Waals surface area contributed by atoms with E-state index in [0.717, 1.165) is 0 Å². The SMILES string of the molecule is COc1ccc(C(=O)N[C@@H](CC(=O)O)c2ccccc2F)nc1-c1cccc(C(C)=O)c1. The first kappa shape index (κ1) is 22.6. The Bertz CT molecular complexity index is 1180. The van der Waals surface area contributed by atoms with Crippen molar-refractivity contribution < 1.29 is 28.6 Å². The highest BCUT2D eigenvalue weighted by molar-refractivity contribution is 5.96. The number of Topliss-reactive ketones (excluding diaryl/α,β-unsaturated/α-hetero) is 1. The molecule has 2 N–H and O–H groups in total. The van der Waals surface area contributed by atoms with Gasteiger partial charge in [0.15, 0.2) is 5.78 Å². The number of rotatable bonds is 8. The Morgan fingerprint density at radius 1 is 1.09 bits per heavy atom. The fourth-order valence-corrected chi connectivity index (χ4v) is 3.23. The van der Waals surface area contributed by atoms with Crippen LogP contribution in [0.3, 0.4) is 0 Å². The van der Waals surface area contributed by atoms with Crippen molar-refractivity contribution in [3.63, 3.8) is 0 Å². The van der Waals surface area contributed by atoms with E-state index in [1.165, 1.54) is 38.3 Å². The molecule has 0 aliphatic rings. The Hall–Kier alpha value is -4.07. The summed E-state index contributed by atoms with van der Waals surface area (Å²) in [5.74, 6) is -2.22. The molecule has 32 heavy (non-hydrogen) atoms. The van der Waals surface area contributed by atoms with Gasteiger partial charge in [-0.3, -0.25) is 14.4 Å². The Balaban J connectivity index is 1.96. The average Bonchev–Trinajstić information content (AvgIpc) is 2.78. The quantitative estimate of drug-likeness (QED) is 0.516. The lowest BCUT2D eigenvalue weighted by Gasteiger charge is -2.18. The Morgan fingerprint density at radius 2 is 1.84 bits per heavy atom. The van der Waals surface area contributed by atoms with E-state index in [9.17, 15) is 23.9 Å². The number of hydrogen-bond donors (Lipinski definition) is 2. The Labute approximate surface area is 183 Å². The molecule has 0 saturated heterocycles. The molecule has 3 rings (SSSR count). The number of aromatic nitrogens is 1. The van der Waals surface area contributed by atoms with Crippen LogP contribution in [0.25, 0.3) is 11.3 Å². The monoisotopic (exact) mass is 436 g/mol. The van der Waals surface area contributed by atoms with E-state index >= 15 is 0 Å². The van der Waals surface area contributed by atoms with E-state index in [2.05, 4.69) is 10.3 Å². The molecule has 1 heterocycles. The van der Waals surface area contributed by atoms with Crippen LogP contribution >= 0.6 is 0 Å². The van der Waals surface area contributed by atoms with Crippen molar-refractivity contribution in [3.05, 3.63) is 83.3 Å². The third-order valence-corrected chi connectivity index (χ3v) is 4.82. The molecule has 0 bridgehead atoms. The molecule has 164 valence electrons. The first-order valence-electron chi connectivity index (χ1n) is 9.73. The summed E-state index contributed by atoms with van der Waals surface area (Å²) in [6, 6.07) is 14.3. The van der Waals surface area contributed by atoms with Crippen molar-refractivity contribution in [3.8, 4) is 17.0 Å². The van der Waals surface area contributed by atoms with Crippen LogP contribution in [0.2, 0.25) is 0 Å². The summed E-state index contributed by atoms with van der Waals surface area (Å²) in [4.78, 5) is 40.3. The van der Waals surface area contributed by atoms with Gasteiger partial charge in [-0.15, -0.1) is 0 Å². The van der Waals surface area contributed by atoms with Crippen LogP contribution in [0, 0.1) is 5.82 Å². The number of carbonyl (C=O) groups excluding carboxylic acids is 2. The summed E-state index contributed by atoms with van der Waals surface area (Å²) >= 11 is 0. The maximum Gasteiger partial charge on any atom is 0.305 e. The maximum absolute atomic E-state index is 14.2. The summed E-state index contributed by atoms with van der Waals surface area (Å²) in [5, 5.41) is 11.8. The number of carbonyl (C=O) groups is 3. The number of amides is 1. The van der Waals surface area contributed by atoms with E-state index in [4.69, 9.17) is 4.74 Å². The van der Waals surface area contributed by atoms with Crippen LogP contribution in [-0.4, -0.2) is 34.9 Å². The Morgan fingerprint density at radius 3 is 2.50 bits per heavy atom. The topological polar surface area (TPSA) is 106 Å². The Kier molecular flexibility index (Phi) is 6.94. The number of hydrogen-bond acceptors (Lipinski definition) is 5. The van der Waals surface area contributed by atoms with Crippen LogP contribution in [0.4, 0.5) is 4.39 Å². The number of ketones is 1. The summed E-state index contributed by atoms with van der Waals surface area (Å²) in [6.07, 6.45) is -0.504. The van der Waals surface area contributed by atoms with E-state index in [-0.39, 0.29) is 17.0 Å². The van der Waals surface area contributed by atoms with Gasteiger partial charge in [-0.1, -0.05) is 36.4 Å². The molecule has 1 atom stereocenters. The van der Waals surface area contributed by atoms with Crippen molar-refractivity contribution in [1.29, 1.82) is 0 Å². The van der Waals surface area contributed by atoms with E-state index in [0.29, 0.717) is 22.6 Å². The summed E-state index contributed by atoms with van der Waals surface area (Å²) in [6.45, 7) is 1.44. The molecular formula is C24H21FN2O5. The molecule has 8 heteroatoms. The van der Waals surface area contributed by atoms with Gasteiger partial charge < -0.3 is 15.2 Å². The zero-order valence-electron chi connectivity index (χ0n) is 17.5. The second-order valence-corrected chi connectivity index (χ2v) is 7.03. The molecule has 0 aliphatic carbocycles. The lowest BCUT2D eigenvalue weighted by Crippen LogP contribution is -2.31. The first-order chi connectivity index (χ1) is 15.3. The number of methoxy groups -OCH3 is 1. The van der Waals surface area contributed by atoms with Crippen LogP contribution in [-0.2, 0) is 4.79 Å². The second kappa shape index (κ2) is 9.82. The molecule has 0 aliphatic heterocycles. The first-order valence-corrected chi connectivity index (χ1v) is 9.73. The molecule has 1 aromatic heterocycles. The van der Waals surface area contributed by atoms with Gasteiger partial charge in [0.25, 0.3) is 5.91 Å². The largest absolute Gasteiger partial charge is 0.494 e. The minimum absolute atomic E-state index is 0.0132. The van der Waals surface area contributed by atoms with Crippen molar-refractivity contribution in [2.24, 2.45) is 0 Å². The molecule has 0 radical (unpaired) electrons. The number of nitrogens with one attached hydrogen (secondary N) is 1. The van der Waals surface area contributed by atoms with Gasteiger partial charge in [0.1, 0.15) is 23.0 Å². The second-order valence-electron chi connectivity index (χ2n) is 7.03. The number of benzene rings is 2. The zero-order chi connectivity index (χ0) is 23.3. The van der Waals surface area contributed by atoms with Gasteiger partial charge >= 0.3 is 5.97 Å². The predicted molar refractivity (Wildman–Crippen MR) is 115 cm³/mol. The van der Waals surface area contributed by atoms with E-state index in [1.807, 2.05) is 0 Å². The fraction of sp³-hybridized carbons (Fsp3) is 0.167. The summed E-state index contributed by atoms with van der Waals surface area (Å²) in [5.41, 5.74) is 1.43. The number of pyridine rings is 1. The molecule has 0 saturated carbocycles. The minimum Gasteiger partial charge on any atom is -0.494 e. The number of ether oxygens (including phenoxy) is 1. The standard InChI is InChI=1S/C24H21FN2O5/c1-14(28)15-6-5-7-16(12-15)23-21(32-2)11-10-19(26-23)24(31)27-20(13-22(29)30)17-8-3-4-9-18(17)25/h3-12,20H,13H2,1-2H3,(H,27,31)(H,29,30)/t20-/m0/s1. The normalized spacial score (nSPS) is 11.5. The highest BCUT2D eigenvalue weighted by Crippen LogP contribution is 2.29. The average molecular weight is 436 g/mol. The molecule has 0 spiro atoms. The maximum atomic E-state index is 14.2. The van der Waals surface area contributed by atoms with Gasteiger partial charge in [0.2, 0.25) is 0 Å². The van der Waals surface area contributed by atoms with Gasteiger partial charge in [-0.25, -0.2) is 9.37 Å². The smallest absolute Gasteiger partial charge is 0.305 e. The van der Waals surface area contributed by atoms with Crippen molar-refractivity contribution >= 4 is 17.7 Å². The molecule has 0 unspecified atom stereocenters. The summed E-state index contributed by atoms with van der Waals surface area (Å²) < 4.78 is 19.6. The van der Waals surface area contributed by atoms with Crippen molar-refractivity contribution in [2.45, 2.75) is 19.4 Å². The predicted octanol–water partition coefficient (Wildman–Crippen LogP) is 4.04. The van der Waals surface area contributed by atoms with E-state index in [1.54, 1.807) is 36.4 Å². The molecule has 7 nitrogen and oxygen atoms in total. The lowest BCUT2D eigenvalue weighted by atomic mass is 10.0. The highest BCUT2D eigenvalue weighted by atomic mass is 19.1. The van der Waals surface area contributed by atoms with Gasteiger partial charge in [-0.2, -0.15) is 0 Å². The van der Waals surface area contributed by atoms with Crippen molar-refractivity contribution in [2.75, 3.05) is 7.11 Å². The van der Waals surface area contributed by atoms with Crippen LogP contribution in [0.1, 0.15) is 45.8 Å². The lowest BCUT2D eigenvalue weighted by molar-refractivity contribution is -0.137. The van der Waals surface area contributed by atoms with Gasteiger partial charge in [-0.05, 0) is 31.2 Å². The number of aliphatic carboxylic acids is 1. The van der Waals surface area contributed by atoms with Crippen LogP contribution in [0.15, 0.2) is 60.7 Å². The highest BCUT2D eigenvalue weighted by Gasteiger charge is 2.23. The molecule has 0 fully saturated rings. The molecule has 3 aromatic rings. The number of halogens is 1. The molecular weight excluding hydrogens is 415 g/mol. The minimum atomic E-state index is -1.19. The third-order valence-electron chi connectivity index (χ3n) is 4.82. The zero-order valence-corrected chi connectivity index (χ0v) is 17.5.